The van der Waals surface area contributed by atoms with Gasteiger partial charge in [0.15, 0.2) is 0 Å². The van der Waals surface area contributed by atoms with E-state index >= 15 is 0 Å². The number of alkyl halides is 3. The zero-order valence-corrected chi connectivity index (χ0v) is 9.07. The van der Waals surface area contributed by atoms with Gasteiger partial charge in [0.05, 0.1) is 12.1 Å². The van der Waals surface area contributed by atoms with Crippen LogP contribution >= 0.6 is 0 Å². The molecule has 0 spiro atoms. The Bertz CT molecular complexity index is 245. The van der Waals surface area contributed by atoms with E-state index in [9.17, 15) is 18.0 Å². The van der Waals surface area contributed by atoms with E-state index in [0.717, 1.165) is 25.7 Å². The van der Waals surface area contributed by atoms with Crippen molar-refractivity contribution in [2.24, 2.45) is 5.73 Å². The lowest BCUT2D eigenvalue weighted by atomic mass is 9.89. The fourth-order valence-electron chi connectivity index (χ4n) is 2.11. The summed E-state index contributed by atoms with van der Waals surface area (Å²) in [6.45, 7) is -1.16. The lowest BCUT2D eigenvalue weighted by Gasteiger charge is -2.31. The molecule has 1 rings (SSSR count). The van der Waals surface area contributed by atoms with E-state index in [2.05, 4.69) is 5.32 Å². The maximum Gasteiger partial charge on any atom is 0.401 e. The second-order valence-electron chi connectivity index (χ2n) is 4.33. The molecule has 0 aromatic heterocycles. The van der Waals surface area contributed by atoms with Crippen molar-refractivity contribution in [3.05, 3.63) is 0 Å². The van der Waals surface area contributed by atoms with Crippen molar-refractivity contribution in [3.8, 4) is 0 Å². The van der Waals surface area contributed by atoms with Crippen LogP contribution in [0.1, 0.15) is 38.5 Å². The van der Waals surface area contributed by atoms with Crippen molar-refractivity contribution in [2.75, 3.05) is 6.54 Å². The maximum atomic E-state index is 12.1. The van der Waals surface area contributed by atoms with Crippen LogP contribution in [0.5, 0.6) is 0 Å². The summed E-state index contributed by atoms with van der Waals surface area (Å²) in [5.74, 6) is -0.668. The molecule has 1 amide bonds. The van der Waals surface area contributed by atoms with E-state index in [0.29, 0.717) is 12.8 Å². The number of hydrogen-bond acceptors (Lipinski definition) is 2. The van der Waals surface area contributed by atoms with Crippen molar-refractivity contribution in [3.63, 3.8) is 0 Å². The highest BCUT2D eigenvalue weighted by molar-refractivity contribution is 5.84. The molecule has 1 saturated carbocycles. The first-order chi connectivity index (χ1) is 7.36. The molecule has 0 saturated heterocycles. The molecule has 3 nitrogen and oxygen atoms in total. The van der Waals surface area contributed by atoms with Gasteiger partial charge in [-0.1, -0.05) is 25.7 Å². The second kappa shape index (κ2) is 5.03. The zero-order valence-electron chi connectivity index (χ0n) is 9.07. The van der Waals surface area contributed by atoms with Gasteiger partial charge in [0.1, 0.15) is 0 Å². The van der Waals surface area contributed by atoms with Crippen molar-refractivity contribution in [1.29, 1.82) is 0 Å². The Morgan fingerprint density at radius 2 is 1.69 bits per heavy atom. The van der Waals surface area contributed by atoms with Crippen LogP contribution in [-0.2, 0) is 4.79 Å². The summed E-state index contributed by atoms with van der Waals surface area (Å²) in [7, 11) is 0. The Morgan fingerprint density at radius 1 is 1.19 bits per heavy atom. The molecule has 0 aromatic rings. The zero-order chi connectivity index (χ0) is 12.2. The van der Waals surface area contributed by atoms with Crippen LogP contribution in [0.2, 0.25) is 0 Å². The molecule has 0 heterocycles. The van der Waals surface area contributed by atoms with Gasteiger partial charge in [-0.3, -0.25) is 10.1 Å². The van der Waals surface area contributed by atoms with E-state index in [1.807, 2.05) is 0 Å². The first-order valence-corrected chi connectivity index (χ1v) is 5.47. The Hall–Kier alpha value is -0.780. The highest BCUT2D eigenvalue weighted by Gasteiger charge is 2.40. The normalized spacial score (nSPS) is 21.4. The quantitative estimate of drug-likeness (QED) is 0.735. The van der Waals surface area contributed by atoms with E-state index in [-0.39, 0.29) is 0 Å². The monoisotopic (exact) mass is 238 g/mol. The largest absolute Gasteiger partial charge is 0.401 e. The molecule has 1 aliphatic carbocycles. The molecule has 94 valence electrons. The van der Waals surface area contributed by atoms with Gasteiger partial charge < -0.3 is 5.73 Å². The van der Waals surface area contributed by atoms with E-state index in [1.54, 1.807) is 0 Å². The molecular weight excluding hydrogens is 221 g/mol. The Labute approximate surface area is 92.6 Å². The fourth-order valence-corrected chi connectivity index (χ4v) is 2.11. The molecule has 0 aromatic carbocycles. The summed E-state index contributed by atoms with van der Waals surface area (Å²) in [5.41, 5.74) is 4.07. The van der Waals surface area contributed by atoms with Crippen LogP contribution in [0, 0.1) is 0 Å². The minimum absolute atomic E-state index is 0.401. The van der Waals surface area contributed by atoms with Gasteiger partial charge in [-0.25, -0.2) is 0 Å². The predicted octanol–water partition coefficient (Wildman–Crippen LogP) is 1.72. The molecule has 1 fully saturated rings. The average Bonchev–Trinajstić information content (AvgIpc) is 2.39. The summed E-state index contributed by atoms with van der Waals surface area (Å²) in [6.07, 6.45) is -0.126. The van der Waals surface area contributed by atoms with Crippen LogP contribution in [0.25, 0.3) is 0 Å². The number of amides is 1. The number of rotatable bonds is 3. The predicted molar refractivity (Wildman–Crippen MR) is 53.7 cm³/mol. The van der Waals surface area contributed by atoms with Gasteiger partial charge in [0, 0.05) is 0 Å². The molecule has 16 heavy (non-hydrogen) atoms. The highest BCUT2D eigenvalue weighted by atomic mass is 19.4. The SMILES string of the molecule is NC(=O)C1(NCC(F)(F)F)CCCCCC1. The molecule has 1 aliphatic rings. The summed E-state index contributed by atoms with van der Waals surface area (Å²) < 4.78 is 36.4. The number of nitrogens with one attached hydrogen (secondary N) is 1. The Kier molecular flexibility index (Phi) is 4.18. The lowest BCUT2D eigenvalue weighted by molar-refractivity contribution is -0.136. The van der Waals surface area contributed by atoms with Gasteiger partial charge >= 0.3 is 6.18 Å². The first-order valence-electron chi connectivity index (χ1n) is 5.47. The van der Waals surface area contributed by atoms with Crippen molar-refractivity contribution >= 4 is 5.91 Å². The molecule has 0 bridgehead atoms. The molecule has 0 radical (unpaired) electrons. The molecule has 0 unspecified atom stereocenters. The average molecular weight is 238 g/mol. The van der Waals surface area contributed by atoms with Gasteiger partial charge in [0.2, 0.25) is 5.91 Å². The van der Waals surface area contributed by atoms with E-state index in [4.69, 9.17) is 5.73 Å². The van der Waals surface area contributed by atoms with Gasteiger partial charge in [0.25, 0.3) is 0 Å². The topological polar surface area (TPSA) is 55.1 Å². The number of hydrogen-bond donors (Lipinski definition) is 2. The van der Waals surface area contributed by atoms with Crippen molar-refractivity contribution < 1.29 is 18.0 Å². The summed E-state index contributed by atoms with van der Waals surface area (Å²) in [5, 5.41) is 2.31. The van der Waals surface area contributed by atoms with Crippen molar-refractivity contribution in [2.45, 2.75) is 50.2 Å². The maximum absolute atomic E-state index is 12.1. The highest BCUT2D eigenvalue weighted by Crippen LogP contribution is 2.28. The number of carbonyl (C=O) groups is 1. The number of halogens is 3. The van der Waals surface area contributed by atoms with Crippen LogP contribution < -0.4 is 11.1 Å². The van der Waals surface area contributed by atoms with Crippen LogP contribution in [0.3, 0.4) is 0 Å². The Balaban J connectivity index is 2.67. The number of carbonyl (C=O) groups excluding carboxylic acids is 1. The van der Waals surface area contributed by atoms with Crippen LogP contribution in [-0.4, -0.2) is 24.2 Å². The minimum Gasteiger partial charge on any atom is -0.368 e. The first kappa shape index (κ1) is 13.3. The molecule has 0 atom stereocenters. The van der Waals surface area contributed by atoms with Crippen molar-refractivity contribution in [1.82, 2.24) is 5.32 Å². The van der Waals surface area contributed by atoms with Gasteiger partial charge in [-0.15, -0.1) is 0 Å². The molecule has 3 N–H and O–H groups in total. The third-order valence-electron chi connectivity index (χ3n) is 3.06. The lowest BCUT2D eigenvalue weighted by Crippen LogP contribution is -2.57. The third-order valence-corrected chi connectivity index (χ3v) is 3.06. The summed E-state index contributed by atoms with van der Waals surface area (Å²) >= 11 is 0. The number of primary amides is 1. The third kappa shape index (κ3) is 3.66. The van der Waals surface area contributed by atoms with Gasteiger partial charge in [-0.2, -0.15) is 13.2 Å². The molecule has 6 heteroatoms. The minimum atomic E-state index is -4.31. The summed E-state index contributed by atoms with van der Waals surface area (Å²) in [4.78, 5) is 11.3. The molecule has 0 aliphatic heterocycles. The second-order valence-corrected chi connectivity index (χ2v) is 4.33. The fraction of sp³-hybridized carbons (Fsp3) is 0.900. The van der Waals surface area contributed by atoms with Crippen LogP contribution in [0.4, 0.5) is 13.2 Å². The summed E-state index contributed by atoms with van der Waals surface area (Å²) in [6, 6.07) is 0. The van der Waals surface area contributed by atoms with E-state index in [1.165, 1.54) is 0 Å². The number of nitrogens with two attached hydrogens (primary N) is 1. The van der Waals surface area contributed by atoms with Crippen LogP contribution in [0.15, 0.2) is 0 Å². The Morgan fingerprint density at radius 3 is 2.06 bits per heavy atom. The smallest absolute Gasteiger partial charge is 0.368 e. The van der Waals surface area contributed by atoms with E-state index < -0.39 is 24.2 Å². The van der Waals surface area contributed by atoms with Gasteiger partial charge in [-0.05, 0) is 12.8 Å². The molecular formula is C10H17F3N2O. The standard InChI is InChI=1S/C10H17F3N2O/c11-10(12,13)7-15-9(8(14)16)5-3-1-2-4-6-9/h15H,1-7H2,(H2,14,16).